The van der Waals surface area contributed by atoms with Crippen LogP contribution in [0.3, 0.4) is 0 Å². The number of allylic oxidation sites excluding steroid dienone is 1. The Morgan fingerprint density at radius 1 is 1.20 bits per heavy atom. The predicted octanol–water partition coefficient (Wildman–Crippen LogP) is 4.99. The number of hydrogen-bond donors (Lipinski definition) is 2. The Balaban J connectivity index is 1.54. The Labute approximate surface area is 237 Å². The number of aliphatic imine (C=N–C) groups is 1. The molecular weight excluding hydrogens is 564 g/mol. The minimum atomic E-state index is -1.22. The first-order chi connectivity index (χ1) is 19.3. The highest BCUT2D eigenvalue weighted by Crippen LogP contribution is 2.41. The average Bonchev–Trinajstić information content (AvgIpc) is 3.51. The second kappa shape index (κ2) is 11.7. The number of aromatic nitrogens is 2. The summed E-state index contributed by atoms with van der Waals surface area (Å²) in [5.74, 6) is -3.26. The molecular formula is C27H24ClF2N5O4S. The molecule has 0 spiro atoms. The second-order valence-corrected chi connectivity index (χ2v) is 10.4. The Kier molecular flexibility index (Phi) is 8.08. The fourth-order valence-corrected chi connectivity index (χ4v) is 5.71. The monoisotopic (exact) mass is 587 g/mol. The number of carbonyl (C=O) groups is 2. The highest BCUT2D eigenvalue weighted by atomic mass is 35.5. The summed E-state index contributed by atoms with van der Waals surface area (Å²) in [6.45, 7) is 2.83. The summed E-state index contributed by atoms with van der Waals surface area (Å²) in [5, 5.41) is 14.5. The van der Waals surface area contributed by atoms with Gasteiger partial charge >= 0.3 is 11.9 Å². The van der Waals surface area contributed by atoms with Crippen LogP contribution in [0.1, 0.15) is 46.7 Å². The molecule has 3 aromatic rings. The van der Waals surface area contributed by atoms with Gasteiger partial charge in [0, 0.05) is 48.0 Å². The summed E-state index contributed by atoms with van der Waals surface area (Å²) in [5.41, 5.74) is 0.989. The van der Waals surface area contributed by atoms with Crippen LogP contribution in [0.25, 0.3) is 0 Å². The third kappa shape index (κ3) is 5.41. The standard InChI is InChI=1S/C27H24ClF2N5O4S/c1-2-39-27(38)19-22(14-6-10-35(11-7-14)18-13-15(26(36)37)5-8-31-18)33-24(25-32-9-12-40-25)34-23(19)16-3-4-17(29)21(30)20(16)28/h3-5,8-9,12-14,23H,2,6-7,10-11H2,1H3,(H,33,34)(H,36,37). The topological polar surface area (TPSA) is 117 Å². The van der Waals surface area contributed by atoms with Crippen molar-refractivity contribution in [2.24, 2.45) is 10.9 Å². The van der Waals surface area contributed by atoms with Crippen molar-refractivity contribution < 1.29 is 28.2 Å². The number of rotatable bonds is 7. The van der Waals surface area contributed by atoms with Crippen molar-refractivity contribution in [3.63, 3.8) is 0 Å². The SMILES string of the molecule is CCOC(=O)C1=C(C2CCN(c3cc(C(=O)O)ccn3)CC2)NC(c2nccs2)=NC1c1ccc(F)c(F)c1Cl. The number of anilines is 1. The number of piperidine rings is 1. The zero-order chi connectivity index (χ0) is 28.4. The molecule has 1 fully saturated rings. The van der Waals surface area contributed by atoms with Gasteiger partial charge < -0.3 is 20.1 Å². The number of nitrogens with one attached hydrogen (secondary N) is 1. The third-order valence-corrected chi connectivity index (χ3v) is 7.95. The first kappa shape index (κ1) is 27.7. The van der Waals surface area contributed by atoms with E-state index in [1.165, 1.54) is 35.7 Å². The Hall–Kier alpha value is -3.90. The van der Waals surface area contributed by atoms with E-state index in [2.05, 4.69) is 20.3 Å². The fraction of sp³-hybridized carbons (Fsp3) is 0.296. The second-order valence-electron chi connectivity index (χ2n) is 9.12. The maximum atomic E-state index is 14.6. The van der Waals surface area contributed by atoms with Crippen molar-refractivity contribution in [1.82, 2.24) is 15.3 Å². The molecule has 4 heterocycles. The third-order valence-electron chi connectivity index (χ3n) is 6.78. The molecule has 0 bridgehead atoms. The molecule has 2 N–H and O–H groups in total. The highest BCUT2D eigenvalue weighted by molar-refractivity contribution is 7.11. The van der Waals surface area contributed by atoms with Crippen molar-refractivity contribution in [2.45, 2.75) is 25.8 Å². The number of nitrogens with zero attached hydrogens (tertiary/aromatic N) is 4. The van der Waals surface area contributed by atoms with Crippen LogP contribution in [0.15, 0.2) is 58.3 Å². The first-order valence-electron chi connectivity index (χ1n) is 12.5. The van der Waals surface area contributed by atoms with Gasteiger partial charge in [0.1, 0.15) is 11.9 Å². The number of halogens is 3. The van der Waals surface area contributed by atoms with Crippen molar-refractivity contribution >= 4 is 46.5 Å². The summed E-state index contributed by atoms with van der Waals surface area (Å²) >= 11 is 7.59. The van der Waals surface area contributed by atoms with Crippen LogP contribution in [0, 0.1) is 17.6 Å². The van der Waals surface area contributed by atoms with E-state index in [-0.39, 0.29) is 29.2 Å². The first-order valence-corrected chi connectivity index (χ1v) is 13.8. The van der Waals surface area contributed by atoms with E-state index in [4.69, 9.17) is 16.3 Å². The maximum absolute atomic E-state index is 14.6. The van der Waals surface area contributed by atoms with Crippen LogP contribution >= 0.6 is 22.9 Å². The van der Waals surface area contributed by atoms with E-state index in [9.17, 15) is 23.5 Å². The predicted molar refractivity (Wildman–Crippen MR) is 146 cm³/mol. The number of hydrogen-bond acceptors (Lipinski definition) is 9. The molecule has 2 aromatic heterocycles. The zero-order valence-corrected chi connectivity index (χ0v) is 22.8. The lowest BCUT2D eigenvalue weighted by Gasteiger charge is -2.37. The van der Waals surface area contributed by atoms with Gasteiger partial charge in [0.15, 0.2) is 22.5 Å². The molecule has 0 saturated carbocycles. The number of thiazole rings is 1. The lowest BCUT2D eigenvalue weighted by atomic mass is 9.85. The van der Waals surface area contributed by atoms with Crippen molar-refractivity contribution in [1.29, 1.82) is 0 Å². The normalized spacial score (nSPS) is 17.9. The number of carboxylic acids is 1. The lowest BCUT2D eigenvalue weighted by molar-refractivity contribution is -0.139. The number of carbonyl (C=O) groups excluding carboxylic acids is 1. The van der Waals surface area contributed by atoms with Gasteiger partial charge in [-0.15, -0.1) is 11.3 Å². The van der Waals surface area contributed by atoms with Crippen LogP contribution in [0.4, 0.5) is 14.6 Å². The van der Waals surface area contributed by atoms with E-state index < -0.39 is 34.6 Å². The number of carboxylic acid groups (broad SMARTS) is 1. The molecule has 208 valence electrons. The summed E-state index contributed by atoms with van der Waals surface area (Å²) in [4.78, 5) is 40.1. The van der Waals surface area contributed by atoms with Gasteiger partial charge in [-0.3, -0.25) is 4.99 Å². The molecule has 0 aliphatic carbocycles. The number of benzene rings is 1. The number of pyridine rings is 1. The molecule has 9 nitrogen and oxygen atoms in total. The summed E-state index contributed by atoms with van der Waals surface area (Å²) in [6.07, 6.45) is 4.23. The lowest BCUT2D eigenvalue weighted by Crippen LogP contribution is -2.41. The Bertz CT molecular complexity index is 1510. The Morgan fingerprint density at radius 3 is 2.65 bits per heavy atom. The van der Waals surface area contributed by atoms with E-state index >= 15 is 0 Å². The minimum absolute atomic E-state index is 0.0981. The fourth-order valence-electron chi connectivity index (χ4n) is 4.87. The Morgan fingerprint density at radius 2 is 1.98 bits per heavy atom. The molecule has 0 radical (unpaired) electrons. The van der Waals surface area contributed by atoms with Gasteiger partial charge in [-0.1, -0.05) is 17.7 Å². The van der Waals surface area contributed by atoms with Crippen LogP contribution in [-0.4, -0.2) is 52.5 Å². The number of amidine groups is 1. The van der Waals surface area contributed by atoms with Gasteiger partial charge in [0.25, 0.3) is 0 Å². The maximum Gasteiger partial charge on any atom is 0.338 e. The van der Waals surface area contributed by atoms with Crippen LogP contribution < -0.4 is 10.2 Å². The van der Waals surface area contributed by atoms with Crippen LogP contribution in [0.2, 0.25) is 5.02 Å². The highest BCUT2D eigenvalue weighted by Gasteiger charge is 2.38. The molecule has 2 aliphatic heterocycles. The van der Waals surface area contributed by atoms with Gasteiger partial charge in [0.2, 0.25) is 0 Å². The number of ether oxygens (including phenoxy) is 1. The quantitative estimate of drug-likeness (QED) is 0.293. The van der Waals surface area contributed by atoms with Gasteiger partial charge in [-0.2, -0.15) is 0 Å². The number of esters is 1. The largest absolute Gasteiger partial charge is 0.478 e. The number of aromatic carboxylic acids is 1. The molecule has 40 heavy (non-hydrogen) atoms. The molecule has 13 heteroatoms. The minimum Gasteiger partial charge on any atom is -0.478 e. The van der Waals surface area contributed by atoms with E-state index in [1.807, 2.05) is 4.90 Å². The van der Waals surface area contributed by atoms with Crippen molar-refractivity contribution in [3.8, 4) is 0 Å². The molecule has 1 aromatic carbocycles. The van der Waals surface area contributed by atoms with E-state index in [1.54, 1.807) is 18.5 Å². The van der Waals surface area contributed by atoms with Crippen molar-refractivity contribution in [3.05, 3.63) is 86.1 Å². The van der Waals surface area contributed by atoms with Gasteiger partial charge in [-0.05, 0) is 38.0 Å². The van der Waals surface area contributed by atoms with E-state index in [0.29, 0.717) is 48.3 Å². The average molecular weight is 588 g/mol. The molecule has 1 atom stereocenters. The molecule has 0 amide bonds. The molecule has 1 unspecified atom stereocenters. The van der Waals surface area contributed by atoms with Crippen LogP contribution in [0.5, 0.6) is 0 Å². The molecule has 2 aliphatic rings. The smallest absolute Gasteiger partial charge is 0.338 e. The van der Waals surface area contributed by atoms with Gasteiger partial charge in [-0.25, -0.2) is 28.3 Å². The van der Waals surface area contributed by atoms with Gasteiger partial charge in [0.05, 0.1) is 22.8 Å². The van der Waals surface area contributed by atoms with Crippen molar-refractivity contribution in [2.75, 3.05) is 24.6 Å². The summed E-state index contributed by atoms with van der Waals surface area (Å²) < 4.78 is 33.9. The van der Waals surface area contributed by atoms with Crippen LogP contribution in [-0.2, 0) is 9.53 Å². The summed E-state index contributed by atoms with van der Waals surface area (Å²) in [6, 6.07) is 4.17. The molecule has 1 saturated heterocycles. The summed E-state index contributed by atoms with van der Waals surface area (Å²) in [7, 11) is 0. The van der Waals surface area contributed by atoms with E-state index in [0.717, 1.165) is 6.07 Å². The molecule has 5 rings (SSSR count). The zero-order valence-electron chi connectivity index (χ0n) is 21.2.